The molecule has 2 heterocycles. The van der Waals surface area contributed by atoms with Gasteiger partial charge in [0.2, 0.25) is 11.6 Å². The van der Waals surface area contributed by atoms with E-state index in [1.165, 1.54) is 21.3 Å². The quantitative estimate of drug-likeness (QED) is 0.330. The number of hydrogen-bond acceptors (Lipinski definition) is 8. The zero-order valence-corrected chi connectivity index (χ0v) is 17.7. The minimum absolute atomic E-state index is 0.327. The van der Waals surface area contributed by atoms with E-state index in [4.69, 9.17) is 27.8 Å². The molecular weight excluding hydrogens is 402 g/mol. The van der Waals surface area contributed by atoms with Gasteiger partial charge in [-0.3, -0.25) is 0 Å². The number of hydrogen-bond donors (Lipinski definition) is 1. The van der Waals surface area contributed by atoms with Gasteiger partial charge in [-0.05, 0) is 29.8 Å². The van der Waals surface area contributed by atoms with Crippen molar-refractivity contribution in [2.75, 3.05) is 46.9 Å². The van der Waals surface area contributed by atoms with Crippen LogP contribution in [0, 0.1) is 0 Å². The molecule has 0 fully saturated rings. The summed E-state index contributed by atoms with van der Waals surface area (Å²) in [7, 11) is 6.22. The van der Waals surface area contributed by atoms with Gasteiger partial charge in [-0.25, -0.2) is 4.79 Å². The normalized spacial score (nSPS) is 11.1. The van der Waals surface area contributed by atoms with E-state index >= 15 is 0 Å². The number of anilines is 1. The summed E-state index contributed by atoms with van der Waals surface area (Å²) in [5.74, 6) is 1.79. The molecule has 0 saturated heterocycles. The molecule has 4 aromatic rings. The highest BCUT2D eigenvalue weighted by molar-refractivity contribution is 6.10. The van der Waals surface area contributed by atoms with E-state index < -0.39 is 5.63 Å². The lowest BCUT2D eigenvalue weighted by Crippen LogP contribution is -2.08. The van der Waals surface area contributed by atoms with Crippen LogP contribution in [0.1, 0.15) is 0 Å². The van der Waals surface area contributed by atoms with Gasteiger partial charge in [-0.15, -0.1) is 0 Å². The monoisotopic (exact) mass is 425 g/mol. The third kappa shape index (κ3) is 3.55. The van der Waals surface area contributed by atoms with Gasteiger partial charge in [0.15, 0.2) is 17.1 Å². The van der Waals surface area contributed by atoms with Crippen LogP contribution in [-0.2, 0) is 4.74 Å². The summed E-state index contributed by atoms with van der Waals surface area (Å²) in [5.41, 5.74) is 1.59. The number of benzene rings is 2. The molecule has 0 aliphatic rings. The summed E-state index contributed by atoms with van der Waals surface area (Å²) in [4.78, 5) is 13.0. The second-order valence-electron chi connectivity index (χ2n) is 6.73. The number of furan rings is 1. The summed E-state index contributed by atoms with van der Waals surface area (Å²) in [6, 6.07) is 10.8. The smallest absolute Gasteiger partial charge is 0.348 e. The predicted octanol–water partition coefficient (Wildman–Crippen LogP) is 4.29. The Balaban J connectivity index is 2.05. The molecule has 0 amide bonds. The van der Waals surface area contributed by atoms with Gasteiger partial charge in [-0.1, -0.05) is 12.1 Å². The van der Waals surface area contributed by atoms with E-state index in [9.17, 15) is 4.79 Å². The Morgan fingerprint density at radius 1 is 0.935 bits per heavy atom. The highest BCUT2D eigenvalue weighted by Gasteiger charge is 2.25. The van der Waals surface area contributed by atoms with Crippen LogP contribution < -0.4 is 25.2 Å². The summed E-state index contributed by atoms with van der Waals surface area (Å²) in [6.07, 6.45) is 0. The van der Waals surface area contributed by atoms with Crippen molar-refractivity contribution >= 4 is 27.8 Å². The molecule has 8 nitrogen and oxygen atoms in total. The molecule has 162 valence electrons. The van der Waals surface area contributed by atoms with Crippen molar-refractivity contribution in [3.05, 3.63) is 46.8 Å². The molecule has 0 aliphatic carbocycles. The molecule has 1 N–H and O–H groups in total. The Morgan fingerprint density at radius 2 is 1.65 bits per heavy atom. The molecule has 31 heavy (non-hydrogen) atoms. The lowest BCUT2D eigenvalue weighted by molar-refractivity contribution is 0.210. The van der Waals surface area contributed by atoms with Gasteiger partial charge in [-0.2, -0.15) is 0 Å². The van der Waals surface area contributed by atoms with E-state index in [1.54, 1.807) is 31.4 Å². The number of methoxy groups -OCH3 is 4. The molecule has 2 aromatic carbocycles. The number of para-hydroxylation sites is 1. The zero-order valence-electron chi connectivity index (χ0n) is 17.7. The lowest BCUT2D eigenvalue weighted by Gasteiger charge is -2.14. The molecular formula is C23H23NO7. The van der Waals surface area contributed by atoms with Gasteiger partial charge in [0.25, 0.3) is 0 Å². The Morgan fingerprint density at radius 3 is 2.29 bits per heavy atom. The van der Waals surface area contributed by atoms with Gasteiger partial charge in [0, 0.05) is 13.7 Å². The molecule has 0 atom stereocenters. The highest BCUT2D eigenvalue weighted by Crippen LogP contribution is 2.46. The first-order valence-electron chi connectivity index (χ1n) is 9.64. The number of rotatable bonds is 8. The fourth-order valence-electron chi connectivity index (χ4n) is 3.60. The SMILES string of the molecule is COCCNc1oc2c(c1-c1cc(OC)c(OC)c(OC)c1)c(=O)oc1ccccc12. The number of fused-ring (bicyclic) bond motifs is 3. The Hall–Kier alpha value is -3.65. The van der Waals surface area contributed by atoms with Crippen molar-refractivity contribution in [3.8, 4) is 28.4 Å². The molecule has 0 radical (unpaired) electrons. The molecule has 4 rings (SSSR count). The van der Waals surface area contributed by atoms with Crippen LogP contribution in [-0.4, -0.2) is 41.6 Å². The van der Waals surface area contributed by atoms with Crippen molar-refractivity contribution in [1.82, 2.24) is 0 Å². The van der Waals surface area contributed by atoms with Gasteiger partial charge in [0.05, 0.1) is 38.9 Å². The van der Waals surface area contributed by atoms with Crippen molar-refractivity contribution in [2.45, 2.75) is 0 Å². The van der Waals surface area contributed by atoms with Crippen molar-refractivity contribution in [1.29, 1.82) is 0 Å². The third-order valence-corrected chi connectivity index (χ3v) is 4.99. The fraction of sp³-hybridized carbons (Fsp3) is 0.261. The largest absolute Gasteiger partial charge is 0.493 e. The van der Waals surface area contributed by atoms with E-state index in [-0.39, 0.29) is 0 Å². The standard InChI is InChI=1S/C23H23NO7/c1-26-10-9-24-22-18(13-11-16(27-2)21(29-4)17(12-13)28-3)19-20(31-22)14-7-5-6-8-15(14)30-23(19)25/h5-8,11-12,24H,9-10H2,1-4H3. The molecule has 0 unspecified atom stereocenters. The Kier molecular flexibility index (Phi) is 5.73. The van der Waals surface area contributed by atoms with Crippen molar-refractivity contribution in [3.63, 3.8) is 0 Å². The Labute approximate surface area is 178 Å². The molecule has 2 aromatic heterocycles. The lowest BCUT2D eigenvalue weighted by atomic mass is 10.0. The van der Waals surface area contributed by atoms with Gasteiger partial charge >= 0.3 is 5.63 Å². The summed E-state index contributed by atoms with van der Waals surface area (Å²) in [5, 5.41) is 4.24. The molecule has 0 aliphatic heterocycles. The van der Waals surface area contributed by atoms with Crippen LogP contribution in [0.15, 0.2) is 50.0 Å². The van der Waals surface area contributed by atoms with Crippen LogP contribution in [0.3, 0.4) is 0 Å². The van der Waals surface area contributed by atoms with Gasteiger partial charge < -0.3 is 33.1 Å². The maximum Gasteiger partial charge on any atom is 0.348 e. The minimum atomic E-state index is -0.499. The Bertz CT molecular complexity index is 1260. The second kappa shape index (κ2) is 8.61. The van der Waals surface area contributed by atoms with Gasteiger partial charge in [0.1, 0.15) is 11.0 Å². The van der Waals surface area contributed by atoms with Crippen LogP contribution in [0.25, 0.3) is 33.1 Å². The predicted molar refractivity (Wildman–Crippen MR) is 118 cm³/mol. The first kappa shape index (κ1) is 20.6. The highest BCUT2D eigenvalue weighted by atomic mass is 16.5. The molecule has 0 bridgehead atoms. The maximum absolute atomic E-state index is 13.0. The molecule has 0 saturated carbocycles. The molecule has 0 spiro atoms. The van der Waals surface area contributed by atoms with Crippen LogP contribution >= 0.6 is 0 Å². The van der Waals surface area contributed by atoms with Crippen LogP contribution in [0.5, 0.6) is 17.2 Å². The number of nitrogens with one attached hydrogen (secondary N) is 1. The minimum Gasteiger partial charge on any atom is -0.493 e. The van der Waals surface area contributed by atoms with Crippen molar-refractivity contribution < 1.29 is 27.8 Å². The van der Waals surface area contributed by atoms with Crippen LogP contribution in [0.4, 0.5) is 5.88 Å². The van der Waals surface area contributed by atoms with Crippen molar-refractivity contribution in [2.24, 2.45) is 0 Å². The molecule has 8 heteroatoms. The summed E-state index contributed by atoms with van der Waals surface area (Å²) >= 11 is 0. The number of ether oxygens (including phenoxy) is 4. The van der Waals surface area contributed by atoms with E-state index in [0.717, 1.165) is 0 Å². The average molecular weight is 425 g/mol. The topological polar surface area (TPSA) is 92.3 Å². The second-order valence-corrected chi connectivity index (χ2v) is 6.73. The summed E-state index contributed by atoms with van der Waals surface area (Å²) < 4.78 is 33.3. The average Bonchev–Trinajstić information content (AvgIpc) is 3.18. The zero-order chi connectivity index (χ0) is 22.0. The first-order valence-corrected chi connectivity index (χ1v) is 9.64. The van der Waals surface area contributed by atoms with Crippen LogP contribution in [0.2, 0.25) is 0 Å². The van der Waals surface area contributed by atoms with E-state index in [2.05, 4.69) is 5.32 Å². The summed E-state index contributed by atoms with van der Waals surface area (Å²) in [6.45, 7) is 0.943. The maximum atomic E-state index is 13.0. The van der Waals surface area contributed by atoms with E-state index in [1.807, 2.05) is 12.1 Å². The first-order chi connectivity index (χ1) is 15.1. The fourth-order valence-corrected chi connectivity index (χ4v) is 3.60. The van der Waals surface area contributed by atoms with E-state index in [0.29, 0.717) is 69.3 Å². The third-order valence-electron chi connectivity index (χ3n) is 4.99.